The molecule has 0 rings (SSSR count). The van der Waals surface area contributed by atoms with E-state index >= 15 is 0 Å². The Bertz CT molecular complexity index is 159. The van der Waals surface area contributed by atoms with E-state index in [1.807, 2.05) is 0 Å². The highest BCUT2D eigenvalue weighted by atomic mass is 14.1. The number of rotatable bonds is 14. The van der Waals surface area contributed by atoms with Crippen molar-refractivity contribution in [3.63, 3.8) is 0 Å². The smallest absolute Gasteiger partial charge is 0.0414 e. The second kappa shape index (κ2) is 14.4. The van der Waals surface area contributed by atoms with E-state index in [-0.39, 0.29) is 0 Å². The second-order valence-electron chi connectivity index (χ2n) is 6.89. The first-order valence-corrected chi connectivity index (χ1v) is 9.20. The molecule has 0 heterocycles. The molecule has 0 radical (unpaired) electrons. The van der Waals surface area contributed by atoms with Crippen LogP contribution >= 0.6 is 0 Å². The van der Waals surface area contributed by atoms with E-state index in [1.54, 1.807) is 0 Å². The summed E-state index contributed by atoms with van der Waals surface area (Å²) in [6, 6.07) is 0. The summed E-state index contributed by atoms with van der Waals surface area (Å²) in [6.07, 6.45) is 18.9. The van der Waals surface area contributed by atoms with Crippen molar-refractivity contribution in [3.05, 3.63) is 0 Å². The molecular weight excluding hydrogens is 228 g/mol. The highest BCUT2D eigenvalue weighted by molar-refractivity contribution is 4.61. The SMILES string of the molecule is CCCCCCC(CCCCC)CCCCC(C)C. The molecule has 1 atom stereocenters. The van der Waals surface area contributed by atoms with Gasteiger partial charge in [0.15, 0.2) is 0 Å². The van der Waals surface area contributed by atoms with Gasteiger partial charge >= 0.3 is 0 Å². The molecule has 0 N–H and O–H groups in total. The molecule has 0 aromatic carbocycles. The number of unbranched alkanes of at least 4 members (excludes halogenated alkanes) is 6. The Balaban J connectivity index is 3.69. The summed E-state index contributed by atoms with van der Waals surface area (Å²) in [5.74, 6) is 1.93. The first kappa shape index (κ1) is 19.0. The molecule has 0 bridgehead atoms. The van der Waals surface area contributed by atoms with E-state index in [0.717, 1.165) is 11.8 Å². The fourth-order valence-corrected chi connectivity index (χ4v) is 2.96. The summed E-state index contributed by atoms with van der Waals surface area (Å²) in [5, 5.41) is 0. The van der Waals surface area contributed by atoms with Crippen LogP contribution in [0.5, 0.6) is 0 Å². The third-order valence-corrected chi connectivity index (χ3v) is 4.33. The van der Waals surface area contributed by atoms with Gasteiger partial charge in [0.25, 0.3) is 0 Å². The maximum Gasteiger partial charge on any atom is -0.0414 e. The predicted molar refractivity (Wildman–Crippen MR) is 89.7 cm³/mol. The van der Waals surface area contributed by atoms with Gasteiger partial charge in [0.2, 0.25) is 0 Å². The molecule has 0 aromatic rings. The van der Waals surface area contributed by atoms with E-state index in [2.05, 4.69) is 27.7 Å². The van der Waals surface area contributed by atoms with Crippen LogP contribution in [0.2, 0.25) is 0 Å². The van der Waals surface area contributed by atoms with Crippen LogP contribution in [0.25, 0.3) is 0 Å². The lowest BCUT2D eigenvalue weighted by molar-refractivity contribution is 0.365. The average Bonchev–Trinajstić information content (AvgIpc) is 2.38. The zero-order chi connectivity index (χ0) is 14.3. The standard InChI is InChI=1S/C19H40/c1-5-7-9-11-16-19(15-10-8-6-2)17-13-12-14-18(3)4/h18-19H,5-17H2,1-4H3. The van der Waals surface area contributed by atoms with Crippen molar-refractivity contribution < 1.29 is 0 Å². The normalized spacial score (nSPS) is 13.1. The molecule has 0 aliphatic carbocycles. The second-order valence-corrected chi connectivity index (χ2v) is 6.89. The zero-order valence-corrected chi connectivity index (χ0v) is 14.3. The van der Waals surface area contributed by atoms with Gasteiger partial charge in [-0.25, -0.2) is 0 Å². The first-order valence-electron chi connectivity index (χ1n) is 9.20. The van der Waals surface area contributed by atoms with Crippen molar-refractivity contribution in [2.45, 2.75) is 111 Å². The van der Waals surface area contributed by atoms with Crippen molar-refractivity contribution in [1.29, 1.82) is 0 Å². The van der Waals surface area contributed by atoms with Crippen molar-refractivity contribution >= 4 is 0 Å². The van der Waals surface area contributed by atoms with Crippen LogP contribution in [-0.2, 0) is 0 Å². The summed E-state index contributed by atoms with van der Waals surface area (Å²) < 4.78 is 0. The van der Waals surface area contributed by atoms with Crippen LogP contribution in [-0.4, -0.2) is 0 Å². The van der Waals surface area contributed by atoms with Crippen LogP contribution < -0.4 is 0 Å². The van der Waals surface area contributed by atoms with Gasteiger partial charge in [-0.15, -0.1) is 0 Å². The molecule has 0 saturated carbocycles. The molecule has 0 aromatic heterocycles. The molecule has 0 saturated heterocycles. The van der Waals surface area contributed by atoms with E-state index in [1.165, 1.54) is 83.5 Å². The summed E-state index contributed by atoms with van der Waals surface area (Å²) in [6.45, 7) is 9.33. The lowest BCUT2D eigenvalue weighted by atomic mass is 9.89. The van der Waals surface area contributed by atoms with Gasteiger partial charge in [0.05, 0.1) is 0 Å². The van der Waals surface area contributed by atoms with Gasteiger partial charge in [-0.1, -0.05) is 111 Å². The molecule has 0 fully saturated rings. The minimum atomic E-state index is 0.892. The van der Waals surface area contributed by atoms with Gasteiger partial charge in [-0.2, -0.15) is 0 Å². The van der Waals surface area contributed by atoms with Crippen molar-refractivity contribution in [3.8, 4) is 0 Å². The van der Waals surface area contributed by atoms with E-state index in [9.17, 15) is 0 Å². The highest BCUT2D eigenvalue weighted by Crippen LogP contribution is 2.24. The Morgan fingerprint density at radius 2 is 0.947 bits per heavy atom. The number of hydrogen-bond acceptors (Lipinski definition) is 0. The Hall–Kier alpha value is 0. The Morgan fingerprint density at radius 3 is 1.47 bits per heavy atom. The third kappa shape index (κ3) is 14.2. The van der Waals surface area contributed by atoms with Crippen molar-refractivity contribution in [1.82, 2.24) is 0 Å². The fourth-order valence-electron chi connectivity index (χ4n) is 2.96. The number of hydrogen-bond donors (Lipinski definition) is 0. The molecule has 0 amide bonds. The van der Waals surface area contributed by atoms with Crippen LogP contribution in [0, 0.1) is 11.8 Å². The molecule has 19 heavy (non-hydrogen) atoms. The molecule has 0 aliphatic rings. The highest BCUT2D eigenvalue weighted by Gasteiger charge is 2.08. The molecule has 0 spiro atoms. The Labute approximate surface area is 123 Å². The van der Waals surface area contributed by atoms with E-state index in [4.69, 9.17) is 0 Å². The van der Waals surface area contributed by atoms with Crippen LogP contribution in [0.3, 0.4) is 0 Å². The molecule has 116 valence electrons. The zero-order valence-electron chi connectivity index (χ0n) is 14.3. The van der Waals surface area contributed by atoms with Crippen molar-refractivity contribution in [2.24, 2.45) is 11.8 Å². The van der Waals surface area contributed by atoms with Gasteiger partial charge in [-0.05, 0) is 11.8 Å². The fraction of sp³-hybridized carbons (Fsp3) is 1.00. The predicted octanol–water partition coefficient (Wildman–Crippen LogP) is 7.37. The minimum absolute atomic E-state index is 0.892. The summed E-state index contributed by atoms with van der Waals surface area (Å²) >= 11 is 0. The maximum absolute atomic E-state index is 2.35. The molecule has 1 unspecified atom stereocenters. The average molecular weight is 269 g/mol. The molecule has 0 nitrogen and oxygen atoms in total. The third-order valence-electron chi connectivity index (χ3n) is 4.33. The van der Waals surface area contributed by atoms with Gasteiger partial charge in [0, 0.05) is 0 Å². The Morgan fingerprint density at radius 1 is 0.526 bits per heavy atom. The largest absolute Gasteiger partial charge is 0.0654 e. The van der Waals surface area contributed by atoms with Crippen LogP contribution in [0.15, 0.2) is 0 Å². The minimum Gasteiger partial charge on any atom is -0.0654 e. The van der Waals surface area contributed by atoms with Crippen LogP contribution in [0.4, 0.5) is 0 Å². The monoisotopic (exact) mass is 268 g/mol. The Kier molecular flexibility index (Phi) is 14.4. The van der Waals surface area contributed by atoms with Gasteiger partial charge < -0.3 is 0 Å². The maximum atomic E-state index is 2.35. The lowest BCUT2D eigenvalue weighted by Gasteiger charge is -2.17. The van der Waals surface area contributed by atoms with Crippen LogP contribution in [0.1, 0.15) is 111 Å². The summed E-state index contributed by atoms with van der Waals surface area (Å²) in [5.41, 5.74) is 0. The van der Waals surface area contributed by atoms with Gasteiger partial charge in [-0.3, -0.25) is 0 Å². The topological polar surface area (TPSA) is 0 Å². The molecule has 0 aliphatic heterocycles. The lowest BCUT2D eigenvalue weighted by Crippen LogP contribution is -2.02. The van der Waals surface area contributed by atoms with E-state index < -0.39 is 0 Å². The first-order chi connectivity index (χ1) is 9.20. The van der Waals surface area contributed by atoms with E-state index in [0.29, 0.717) is 0 Å². The quantitative estimate of drug-likeness (QED) is 0.288. The van der Waals surface area contributed by atoms with Crippen molar-refractivity contribution in [2.75, 3.05) is 0 Å². The summed E-state index contributed by atoms with van der Waals surface area (Å²) in [4.78, 5) is 0. The summed E-state index contributed by atoms with van der Waals surface area (Å²) in [7, 11) is 0. The molecule has 0 heteroatoms. The molecular formula is C19H40. The van der Waals surface area contributed by atoms with Gasteiger partial charge in [0.1, 0.15) is 0 Å².